The van der Waals surface area contributed by atoms with Gasteiger partial charge in [0, 0.05) is 5.70 Å². The van der Waals surface area contributed by atoms with E-state index < -0.39 is 12.0 Å². The van der Waals surface area contributed by atoms with Gasteiger partial charge in [0.1, 0.15) is 11.8 Å². The second kappa shape index (κ2) is 7.61. The Balaban J connectivity index is 2.36. The molecule has 0 aliphatic carbocycles. The monoisotopic (exact) mass is 331 g/mol. The molecule has 0 fully saturated rings. The molecule has 0 aromatic heterocycles. The second-order valence-corrected chi connectivity index (χ2v) is 5.19. The van der Waals surface area contributed by atoms with Gasteiger partial charge in [-0.2, -0.15) is 5.26 Å². The first-order valence-electron chi connectivity index (χ1n) is 7.09. The van der Waals surface area contributed by atoms with E-state index in [1.54, 1.807) is 12.1 Å². The number of thiocarbonyl (C=S) groups is 1. The number of methoxy groups -OCH3 is 1. The fourth-order valence-electron chi connectivity index (χ4n) is 2.37. The molecule has 0 amide bonds. The van der Waals surface area contributed by atoms with Crippen molar-refractivity contribution < 1.29 is 14.3 Å². The summed E-state index contributed by atoms with van der Waals surface area (Å²) in [5.41, 5.74) is 2.11. The van der Waals surface area contributed by atoms with Crippen LogP contribution in [-0.2, 0) is 9.53 Å². The maximum atomic E-state index is 12.2. The van der Waals surface area contributed by atoms with Crippen molar-refractivity contribution >= 4 is 23.3 Å². The number of benzene rings is 1. The van der Waals surface area contributed by atoms with Crippen LogP contribution in [-0.4, -0.2) is 24.8 Å². The zero-order chi connectivity index (χ0) is 16.8. The molecule has 2 N–H and O–H groups in total. The predicted molar refractivity (Wildman–Crippen MR) is 88.5 cm³/mol. The average molecular weight is 331 g/mol. The lowest BCUT2D eigenvalue weighted by atomic mass is 9.94. The molecular formula is C16H17N3O3S. The van der Waals surface area contributed by atoms with E-state index in [0.29, 0.717) is 22.9 Å². The van der Waals surface area contributed by atoms with Gasteiger partial charge in [-0.25, -0.2) is 4.79 Å². The Bertz CT molecular complexity index is 677. The molecule has 23 heavy (non-hydrogen) atoms. The molecule has 6 nitrogen and oxygen atoms in total. The summed E-state index contributed by atoms with van der Waals surface area (Å²) in [6.45, 7) is 1.93. The number of carbonyl (C=O) groups is 1. The van der Waals surface area contributed by atoms with Crippen molar-refractivity contribution in [3.05, 3.63) is 41.1 Å². The Morgan fingerprint density at radius 3 is 2.65 bits per heavy atom. The van der Waals surface area contributed by atoms with E-state index in [1.165, 1.54) is 7.11 Å². The Morgan fingerprint density at radius 1 is 1.39 bits per heavy atom. The van der Waals surface area contributed by atoms with E-state index in [9.17, 15) is 4.79 Å². The van der Waals surface area contributed by atoms with Crippen LogP contribution in [0, 0.1) is 11.3 Å². The Labute approximate surface area is 140 Å². The minimum absolute atomic E-state index is 0.0116. The first kappa shape index (κ1) is 16.8. The number of ether oxygens (including phenoxy) is 2. The fourth-order valence-corrected chi connectivity index (χ4v) is 2.61. The van der Waals surface area contributed by atoms with Crippen molar-refractivity contribution in [1.82, 2.24) is 10.6 Å². The topological polar surface area (TPSA) is 83.4 Å². The SMILES string of the molecule is CCC1=C(C(=O)OC)[C@@H](c2ccc(OCC#N)cc2)NC(=S)N1. The van der Waals surface area contributed by atoms with Crippen molar-refractivity contribution in [3.63, 3.8) is 0 Å². The van der Waals surface area contributed by atoms with Crippen LogP contribution < -0.4 is 15.4 Å². The highest BCUT2D eigenvalue weighted by Crippen LogP contribution is 2.29. The van der Waals surface area contributed by atoms with Gasteiger partial charge in [-0.1, -0.05) is 19.1 Å². The third-order valence-corrected chi connectivity index (χ3v) is 3.65. The van der Waals surface area contributed by atoms with Crippen molar-refractivity contribution in [2.24, 2.45) is 0 Å². The van der Waals surface area contributed by atoms with Crippen LogP contribution in [0.1, 0.15) is 24.9 Å². The zero-order valence-electron chi connectivity index (χ0n) is 12.9. The van der Waals surface area contributed by atoms with Crippen LogP contribution in [0.15, 0.2) is 35.5 Å². The third-order valence-electron chi connectivity index (χ3n) is 3.43. The van der Waals surface area contributed by atoms with Crippen LogP contribution in [0.5, 0.6) is 5.75 Å². The quantitative estimate of drug-likeness (QED) is 0.630. The molecule has 0 bridgehead atoms. The standard InChI is InChI=1S/C16H17N3O3S/c1-3-12-13(15(20)21-2)14(19-16(23)18-12)10-4-6-11(7-5-10)22-9-8-17/h4-7,14H,3,9H2,1-2H3,(H2,18,19,23)/t14-/m1/s1. The van der Waals surface area contributed by atoms with Crippen LogP contribution in [0.4, 0.5) is 0 Å². The fraction of sp³-hybridized carbons (Fsp3) is 0.312. The van der Waals surface area contributed by atoms with E-state index in [4.69, 9.17) is 27.0 Å². The summed E-state index contributed by atoms with van der Waals surface area (Å²) in [5.74, 6) is 0.185. The number of nitrogens with one attached hydrogen (secondary N) is 2. The molecule has 0 unspecified atom stereocenters. The van der Waals surface area contributed by atoms with E-state index in [1.807, 2.05) is 25.1 Å². The Kier molecular flexibility index (Phi) is 5.55. The van der Waals surface area contributed by atoms with Crippen LogP contribution >= 0.6 is 12.2 Å². The molecule has 1 aliphatic rings. The highest BCUT2D eigenvalue weighted by atomic mass is 32.1. The molecule has 0 saturated carbocycles. The van der Waals surface area contributed by atoms with Crippen LogP contribution in [0.2, 0.25) is 0 Å². The van der Waals surface area contributed by atoms with Crippen molar-refractivity contribution in [1.29, 1.82) is 5.26 Å². The minimum Gasteiger partial charge on any atom is -0.479 e. The molecule has 0 saturated heterocycles. The molecule has 1 aliphatic heterocycles. The van der Waals surface area contributed by atoms with E-state index >= 15 is 0 Å². The number of allylic oxidation sites excluding steroid dienone is 1. The number of carbonyl (C=O) groups excluding carboxylic acids is 1. The van der Waals surface area contributed by atoms with Gasteiger partial charge >= 0.3 is 5.97 Å². The minimum atomic E-state index is -0.404. The molecule has 7 heteroatoms. The van der Waals surface area contributed by atoms with E-state index in [2.05, 4.69) is 10.6 Å². The normalized spacial score (nSPS) is 16.9. The van der Waals surface area contributed by atoms with E-state index in [0.717, 1.165) is 11.3 Å². The molecule has 0 radical (unpaired) electrons. The lowest BCUT2D eigenvalue weighted by Gasteiger charge is -2.30. The lowest BCUT2D eigenvalue weighted by Crippen LogP contribution is -2.45. The van der Waals surface area contributed by atoms with Crippen molar-refractivity contribution in [3.8, 4) is 11.8 Å². The lowest BCUT2D eigenvalue weighted by molar-refractivity contribution is -0.136. The summed E-state index contributed by atoms with van der Waals surface area (Å²) >= 11 is 5.22. The van der Waals surface area contributed by atoms with Gasteiger partial charge in [0.05, 0.1) is 18.7 Å². The van der Waals surface area contributed by atoms with Gasteiger partial charge in [0.2, 0.25) is 0 Å². The number of esters is 1. The molecule has 1 atom stereocenters. The highest BCUT2D eigenvalue weighted by Gasteiger charge is 2.31. The number of hydrogen-bond acceptors (Lipinski definition) is 5. The van der Waals surface area contributed by atoms with Gasteiger partial charge in [0.25, 0.3) is 0 Å². The molecular weight excluding hydrogens is 314 g/mol. The number of hydrogen-bond donors (Lipinski definition) is 2. The smallest absolute Gasteiger partial charge is 0.337 e. The largest absolute Gasteiger partial charge is 0.479 e. The van der Waals surface area contributed by atoms with Crippen LogP contribution in [0.25, 0.3) is 0 Å². The summed E-state index contributed by atoms with van der Waals surface area (Å²) in [6, 6.07) is 8.68. The summed E-state index contributed by atoms with van der Waals surface area (Å²) in [5, 5.41) is 15.1. The zero-order valence-corrected chi connectivity index (χ0v) is 13.7. The highest BCUT2D eigenvalue weighted by molar-refractivity contribution is 7.80. The van der Waals surface area contributed by atoms with Gasteiger partial charge in [-0.15, -0.1) is 0 Å². The molecule has 1 heterocycles. The van der Waals surface area contributed by atoms with Gasteiger partial charge in [-0.05, 0) is 36.3 Å². The molecule has 1 aromatic carbocycles. The number of rotatable bonds is 5. The Hall–Kier alpha value is -2.59. The maximum Gasteiger partial charge on any atom is 0.337 e. The first-order valence-corrected chi connectivity index (χ1v) is 7.50. The van der Waals surface area contributed by atoms with Crippen molar-refractivity contribution in [2.45, 2.75) is 19.4 Å². The molecule has 1 aromatic rings. The maximum absolute atomic E-state index is 12.2. The predicted octanol–water partition coefficient (Wildman–Crippen LogP) is 1.94. The first-order chi connectivity index (χ1) is 11.1. The molecule has 120 valence electrons. The molecule has 2 rings (SSSR count). The molecule has 0 spiro atoms. The second-order valence-electron chi connectivity index (χ2n) is 4.78. The summed E-state index contributed by atoms with van der Waals surface area (Å²) in [4.78, 5) is 12.2. The summed E-state index contributed by atoms with van der Waals surface area (Å²) < 4.78 is 10.1. The average Bonchev–Trinajstić information content (AvgIpc) is 2.58. The third kappa shape index (κ3) is 3.79. The van der Waals surface area contributed by atoms with Crippen molar-refractivity contribution in [2.75, 3.05) is 13.7 Å². The van der Waals surface area contributed by atoms with E-state index in [-0.39, 0.29) is 6.61 Å². The van der Waals surface area contributed by atoms with Crippen LogP contribution in [0.3, 0.4) is 0 Å². The van der Waals surface area contributed by atoms with Gasteiger partial charge in [0.15, 0.2) is 11.7 Å². The number of nitrogens with zero attached hydrogens (tertiary/aromatic N) is 1. The summed E-state index contributed by atoms with van der Waals surface area (Å²) in [7, 11) is 1.35. The Morgan fingerprint density at radius 2 is 2.09 bits per heavy atom. The number of nitriles is 1. The van der Waals surface area contributed by atoms with Gasteiger partial charge in [-0.3, -0.25) is 0 Å². The van der Waals surface area contributed by atoms with Gasteiger partial charge < -0.3 is 20.1 Å². The summed E-state index contributed by atoms with van der Waals surface area (Å²) in [6.07, 6.45) is 0.631.